The first-order valence-corrected chi connectivity index (χ1v) is 11.0. The Balaban J connectivity index is 1.59. The van der Waals surface area contributed by atoms with Crippen molar-refractivity contribution in [2.45, 2.75) is 25.6 Å². The Labute approximate surface area is 205 Å². The van der Waals surface area contributed by atoms with Gasteiger partial charge in [-0.3, -0.25) is 14.6 Å². The minimum atomic E-state index is -4.44. The number of amides is 2. The number of benzene rings is 2. The van der Waals surface area contributed by atoms with E-state index in [0.29, 0.717) is 28.1 Å². The summed E-state index contributed by atoms with van der Waals surface area (Å²) in [7, 11) is 0. The molecule has 0 bridgehead atoms. The van der Waals surface area contributed by atoms with Gasteiger partial charge < -0.3 is 15.7 Å². The number of pyridine rings is 1. The average Bonchev–Trinajstić information content (AvgIpc) is 2.83. The molecule has 0 saturated carbocycles. The normalized spacial score (nSPS) is 16.0. The Kier molecular flexibility index (Phi) is 7.03. The third-order valence-corrected chi connectivity index (χ3v) is 5.63. The van der Waals surface area contributed by atoms with E-state index >= 15 is 0 Å². The molecule has 2 aromatic carbocycles. The number of nitrogens with one attached hydrogen (secondary N) is 2. The molecule has 0 saturated heterocycles. The maximum absolute atomic E-state index is 13.0. The van der Waals surface area contributed by atoms with Crippen molar-refractivity contribution < 1.29 is 27.9 Å². The molecule has 0 aliphatic carbocycles. The zero-order valence-electron chi connectivity index (χ0n) is 19.1. The van der Waals surface area contributed by atoms with Gasteiger partial charge in [0.15, 0.2) is 0 Å². The number of rotatable bonds is 5. The molecule has 184 valence electrons. The van der Waals surface area contributed by atoms with Gasteiger partial charge in [-0.2, -0.15) is 13.2 Å². The molecule has 0 radical (unpaired) electrons. The van der Waals surface area contributed by atoms with Gasteiger partial charge in [0.05, 0.1) is 5.56 Å². The summed E-state index contributed by atoms with van der Waals surface area (Å²) < 4.78 is 39.0. The second-order valence-corrected chi connectivity index (χ2v) is 8.23. The molecule has 1 unspecified atom stereocenters. The highest BCUT2D eigenvalue weighted by Crippen LogP contribution is 2.32. The van der Waals surface area contributed by atoms with Crippen molar-refractivity contribution in [2.75, 3.05) is 10.6 Å². The lowest BCUT2D eigenvalue weighted by molar-refractivity contribution is -0.137. The molecule has 1 atom stereocenters. The molecule has 2 heterocycles. The van der Waals surface area contributed by atoms with Crippen LogP contribution in [0.1, 0.15) is 27.9 Å². The highest BCUT2D eigenvalue weighted by molar-refractivity contribution is 6.03. The quantitative estimate of drug-likeness (QED) is 0.349. The smallest absolute Gasteiger partial charge is 0.383 e. The fourth-order valence-corrected chi connectivity index (χ4v) is 3.86. The van der Waals surface area contributed by atoms with Gasteiger partial charge in [-0.1, -0.05) is 30.4 Å². The van der Waals surface area contributed by atoms with E-state index in [1.54, 1.807) is 49.5 Å². The van der Waals surface area contributed by atoms with Gasteiger partial charge >= 0.3 is 6.18 Å². The summed E-state index contributed by atoms with van der Waals surface area (Å²) in [5, 5.41) is 15.2. The molecule has 0 spiro atoms. The van der Waals surface area contributed by atoms with Crippen LogP contribution in [0.5, 0.6) is 0 Å². The molecule has 1 aliphatic rings. The number of nitrogens with zero attached hydrogens (tertiary/aromatic N) is 1. The molecule has 0 fully saturated rings. The van der Waals surface area contributed by atoms with Gasteiger partial charge in [-0.05, 0) is 60.0 Å². The second-order valence-electron chi connectivity index (χ2n) is 8.23. The topological polar surface area (TPSA) is 91.3 Å². The fourth-order valence-electron chi connectivity index (χ4n) is 3.86. The number of anilines is 2. The van der Waals surface area contributed by atoms with E-state index in [1.165, 1.54) is 24.3 Å². The van der Waals surface area contributed by atoms with Gasteiger partial charge in [-0.15, -0.1) is 0 Å². The third kappa shape index (κ3) is 5.69. The van der Waals surface area contributed by atoms with E-state index in [1.807, 2.05) is 0 Å². The van der Waals surface area contributed by atoms with Crippen LogP contribution in [-0.2, 0) is 22.2 Å². The number of carbonyl (C=O) groups excluding carboxylic acids is 2. The molecule has 9 heteroatoms. The second kappa shape index (κ2) is 10.2. The Hall–Kier alpha value is -4.24. The maximum Gasteiger partial charge on any atom is 0.416 e. The first-order valence-electron chi connectivity index (χ1n) is 11.0. The van der Waals surface area contributed by atoms with E-state index in [-0.39, 0.29) is 6.42 Å². The van der Waals surface area contributed by atoms with Crippen molar-refractivity contribution in [3.05, 3.63) is 107 Å². The Bertz CT molecular complexity index is 1360. The lowest BCUT2D eigenvalue weighted by atomic mass is 9.96. The maximum atomic E-state index is 13.0. The molecule has 4 rings (SSSR count). The minimum absolute atomic E-state index is 0.0701. The fraction of sp³-hybridized carbons (Fsp3) is 0.148. The van der Waals surface area contributed by atoms with Gasteiger partial charge in [0, 0.05) is 41.3 Å². The van der Waals surface area contributed by atoms with E-state index in [2.05, 4.69) is 15.6 Å². The van der Waals surface area contributed by atoms with Crippen LogP contribution in [0, 0.1) is 6.92 Å². The van der Waals surface area contributed by atoms with Crippen LogP contribution in [0.2, 0.25) is 0 Å². The summed E-state index contributed by atoms with van der Waals surface area (Å²) in [6.07, 6.45) is 0.458. The van der Waals surface area contributed by atoms with Gasteiger partial charge in [0.1, 0.15) is 6.10 Å². The first-order chi connectivity index (χ1) is 17.1. The van der Waals surface area contributed by atoms with Crippen LogP contribution in [-0.4, -0.2) is 28.0 Å². The number of aliphatic hydroxyl groups is 1. The van der Waals surface area contributed by atoms with Crippen molar-refractivity contribution in [1.29, 1.82) is 0 Å². The van der Waals surface area contributed by atoms with Crippen LogP contribution in [0.3, 0.4) is 0 Å². The standard InChI is InChI=1S/C27H22F3N3O3/c1-16-14-18(12-13-31-16)20(17-8-10-19(11-9-17)27(28,29)30)4-2-7-25(35)32-22-5-3-6-23-21(22)15-24(34)26(36)33-23/h2-14,24,34H,15H2,1H3,(H,32,35)(H,33,36)/b7-2+,20-4+. The molecular weight excluding hydrogens is 471 g/mol. The molecule has 1 aliphatic heterocycles. The Morgan fingerprint density at radius 2 is 1.89 bits per heavy atom. The highest BCUT2D eigenvalue weighted by atomic mass is 19.4. The third-order valence-electron chi connectivity index (χ3n) is 5.63. The summed E-state index contributed by atoms with van der Waals surface area (Å²) in [4.78, 5) is 28.4. The summed E-state index contributed by atoms with van der Waals surface area (Å²) in [5.41, 5.74) is 3.45. The van der Waals surface area contributed by atoms with Crippen LogP contribution in [0.4, 0.5) is 24.5 Å². The first kappa shape index (κ1) is 24.9. The van der Waals surface area contributed by atoms with E-state index in [9.17, 15) is 27.9 Å². The number of hydrogen-bond acceptors (Lipinski definition) is 4. The van der Waals surface area contributed by atoms with E-state index < -0.39 is 29.7 Å². The lowest BCUT2D eigenvalue weighted by Gasteiger charge is -2.23. The van der Waals surface area contributed by atoms with Crippen LogP contribution in [0.15, 0.2) is 79.0 Å². The van der Waals surface area contributed by atoms with Crippen molar-refractivity contribution in [2.24, 2.45) is 0 Å². The molecule has 3 aromatic rings. The molecular formula is C27H22F3N3O3. The van der Waals surface area contributed by atoms with Crippen LogP contribution in [0.25, 0.3) is 5.57 Å². The molecule has 3 N–H and O–H groups in total. The van der Waals surface area contributed by atoms with E-state index in [4.69, 9.17) is 0 Å². The number of aryl methyl sites for hydroxylation is 1. The summed E-state index contributed by atoms with van der Waals surface area (Å²) in [5.74, 6) is -0.957. The Morgan fingerprint density at radius 3 is 2.58 bits per heavy atom. The largest absolute Gasteiger partial charge is 0.416 e. The average molecular weight is 493 g/mol. The monoisotopic (exact) mass is 493 g/mol. The van der Waals surface area contributed by atoms with Gasteiger partial charge in [-0.25, -0.2) is 0 Å². The molecule has 2 amide bonds. The summed E-state index contributed by atoms with van der Waals surface area (Å²) in [6, 6.07) is 13.3. The zero-order chi connectivity index (χ0) is 25.9. The number of halogens is 3. The number of fused-ring (bicyclic) bond motifs is 1. The summed E-state index contributed by atoms with van der Waals surface area (Å²) in [6.45, 7) is 1.80. The molecule has 6 nitrogen and oxygen atoms in total. The van der Waals surface area contributed by atoms with Crippen molar-refractivity contribution in [3.8, 4) is 0 Å². The number of allylic oxidation sites excluding steroid dienone is 2. The van der Waals surface area contributed by atoms with Crippen LogP contribution >= 0.6 is 0 Å². The van der Waals surface area contributed by atoms with E-state index in [0.717, 1.165) is 23.4 Å². The predicted octanol–water partition coefficient (Wildman–Crippen LogP) is 4.89. The number of hydrogen-bond donors (Lipinski definition) is 3. The SMILES string of the molecule is Cc1cc(/C(=C/C=C/C(=O)Nc2cccc3c2CC(O)C(=O)N3)c2ccc(C(F)(F)F)cc2)ccn1. The minimum Gasteiger partial charge on any atom is -0.383 e. The zero-order valence-corrected chi connectivity index (χ0v) is 19.1. The molecule has 1 aromatic heterocycles. The van der Waals surface area contributed by atoms with Crippen molar-refractivity contribution >= 4 is 28.8 Å². The van der Waals surface area contributed by atoms with Crippen LogP contribution < -0.4 is 10.6 Å². The lowest BCUT2D eigenvalue weighted by Crippen LogP contribution is -2.34. The molecule has 36 heavy (non-hydrogen) atoms. The Morgan fingerprint density at radius 1 is 1.14 bits per heavy atom. The number of aromatic nitrogens is 1. The van der Waals surface area contributed by atoms with Gasteiger partial charge in [0.25, 0.3) is 5.91 Å². The highest BCUT2D eigenvalue weighted by Gasteiger charge is 2.30. The van der Waals surface area contributed by atoms with Crippen molar-refractivity contribution in [1.82, 2.24) is 4.98 Å². The summed E-state index contributed by atoms with van der Waals surface area (Å²) >= 11 is 0. The number of alkyl halides is 3. The number of aliphatic hydroxyl groups excluding tert-OH is 1. The predicted molar refractivity (Wildman–Crippen MR) is 130 cm³/mol. The van der Waals surface area contributed by atoms with Crippen molar-refractivity contribution in [3.63, 3.8) is 0 Å². The number of carbonyl (C=O) groups is 2. The van der Waals surface area contributed by atoms with Gasteiger partial charge in [0.2, 0.25) is 5.91 Å².